The molecule has 0 spiro atoms. The number of piperidine rings is 1. The Morgan fingerprint density at radius 3 is 2.31 bits per heavy atom. The average molecular weight is 495 g/mol. The zero-order valence-corrected chi connectivity index (χ0v) is 21.1. The zero-order chi connectivity index (χ0) is 24.8. The van der Waals surface area contributed by atoms with Crippen LogP contribution in [0.1, 0.15) is 28.8 Å². The number of benzene rings is 3. The Bertz CT molecular complexity index is 1160. The Balaban J connectivity index is 1.53. The third-order valence-corrected chi connectivity index (χ3v) is 6.67. The highest BCUT2D eigenvalue weighted by molar-refractivity contribution is 6.31. The van der Waals surface area contributed by atoms with Gasteiger partial charge in [-0.1, -0.05) is 29.8 Å². The van der Waals surface area contributed by atoms with Gasteiger partial charge in [0.25, 0.3) is 5.91 Å². The Hall–Kier alpha value is -3.22. The second-order valence-corrected chi connectivity index (χ2v) is 9.01. The molecule has 0 bridgehead atoms. The van der Waals surface area contributed by atoms with Crippen molar-refractivity contribution in [1.29, 1.82) is 0 Å². The lowest BCUT2D eigenvalue weighted by molar-refractivity contribution is 0.0958. The molecule has 1 amide bonds. The molecule has 35 heavy (non-hydrogen) atoms. The highest BCUT2D eigenvalue weighted by atomic mass is 35.5. The third kappa shape index (κ3) is 5.89. The first-order valence-corrected chi connectivity index (χ1v) is 12.1. The molecular weight excluding hydrogens is 464 g/mol. The fourth-order valence-electron chi connectivity index (χ4n) is 4.57. The summed E-state index contributed by atoms with van der Waals surface area (Å²) >= 11 is 6.20. The Kier molecular flexibility index (Phi) is 8.16. The second-order valence-electron chi connectivity index (χ2n) is 8.57. The molecule has 0 radical (unpaired) electrons. The van der Waals surface area contributed by atoms with E-state index >= 15 is 0 Å². The number of carbonyl (C=O) groups is 1. The number of hydrogen-bond acceptors (Lipinski definition) is 5. The van der Waals surface area contributed by atoms with E-state index in [0.29, 0.717) is 10.6 Å². The van der Waals surface area contributed by atoms with E-state index in [9.17, 15) is 4.79 Å². The molecule has 1 saturated heterocycles. The van der Waals surface area contributed by atoms with E-state index in [-0.39, 0.29) is 11.9 Å². The molecule has 0 aromatic heterocycles. The second kappa shape index (κ2) is 11.5. The standard InChI is InChI=1S/C28H31ClN2O4/c1-33-25-9-5-8-24(17-25)31(28(32)20-6-4-7-22(29)16-20)23-12-14-30(15-13-23)19-21-10-11-26(34-2)18-27(21)35-3/h4-11,16-18,23H,12-15,19H2,1-3H3. The molecule has 4 rings (SSSR count). The maximum absolute atomic E-state index is 13.7. The van der Waals surface area contributed by atoms with Crippen LogP contribution in [0, 0.1) is 0 Å². The molecule has 0 aliphatic carbocycles. The van der Waals surface area contributed by atoms with Gasteiger partial charge in [0.05, 0.1) is 21.3 Å². The summed E-state index contributed by atoms with van der Waals surface area (Å²) in [7, 11) is 4.96. The van der Waals surface area contributed by atoms with Crippen LogP contribution in [0.4, 0.5) is 5.69 Å². The van der Waals surface area contributed by atoms with Gasteiger partial charge in [0.1, 0.15) is 17.2 Å². The van der Waals surface area contributed by atoms with Crippen LogP contribution in [0.2, 0.25) is 5.02 Å². The Morgan fingerprint density at radius 1 is 0.914 bits per heavy atom. The number of methoxy groups -OCH3 is 3. The van der Waals surface area contributed by atoms with Gasteiger partial charge in [0.15, 0.2) is 0 Å². The van der Waals surface area contributed by atoms with Gasteiger partial charge >= 0.3 is 0 Å². The summed E-state index contributed by atoms with van der Waals surface area (Å²) in [6.45, 7) is 2.51. The summed E-state index contributed by atoms with van der Waals surface area (Å²) in [5.41, 5.74) is 2.52. The molecule has 3 aromatic rings. The average Bonchev–Trinajstić information content (AvgIpc) is 2.90. The van der Waals surface area contributed by atoms with Crippen LogP contribution in [0.3, 0.4) is 0 Å². The first kappa shape index (κ1) is 24.9. The summed E-state index contributed by atoms with van der Waals surface area (Å²) in [5, 5.41) is 0.546. The minimum Gasteiger partial charge on any atom is -0.497 e. The van der Waals surface area contributed by atoms with Crippen molar-refractivity contribution in [2.24, 2.45) is 0 Å². The first-order chi connectivity index (χ1) is 17.0. The molecule has 0 atom stereocenters. The zero-order valence-electron chi connectivity index (χ0n) is 20.4. The Labute approximate surface area is 212 Å². The highest BCUT2D eigenvalue weighted by Gasteiger charge is 2.30. The topological polar surface area (TPSA) is 51.2 Å². The van der Waals surface area contributed by atoms with E-state index in [4.69, 9.17) is 25.8 Å². The molecule has 1 fully saturated rings. The van der Waals surface area contributed by atoms with Gasteiger partial charge in [-0.25, -0.2) is 0 Å². The molecule has 184 valence electrons. The lowest BCUT2D eigenvalue weighted by Crippen LogP contribution is -2.47. The molecule has 3 aromatic carbocycles. The van der Waals surface area contributed by atoms with Gasteiger partial charge in [-0.2, -0.15) is 0 Å². The van der Waals surface area contributed by atoms with E-state index in [1.165, 1.54) is 0 Å². The van der Waals surface area contributed by atoms with Crippen LogP contribution < -0.4 is 19.1 Å². The highest BCUT2D eigenvalue weighted by Crippen LogP contribution is 2.31. The number of halogens is 1. The molecule has 1 heterocycles. The number of anilines is 1. The van der Waals surface area contributed by atoms with Gasteiger partial charge in [0.2, 0.25) is 0 Å². The molecule has 0 unspecified atom stereocenters. The molecular formula is C28H31ClN2O4. The predicted octanol–water partition coefficient (Wildman–Crippen LogP) is 5.68. The van der Waals surface area contributed by atoms with Crippen LogP contribution >= 0.6 is 11.6 Å². The molecule has 1 aliphatic heterocycles. The van der Waals surface area contributed by atoms with E-state index in [1.54, 1.807) is 33.5 Å². The fraction of sp³-hybridized carbons (Fsp3) is 0.321. The molecule has 1 aliphatic rings. The summed E-state index contributed by atoms with van der Waals surface area (Å²) in [6.07, 6.45) is 1.70. The van der Waals surface area contributed by atoms with Crippen LogP contribution in [0.5, 0.6) is 17.2 Å². The fourth-order valence-corrected chi connectivity index (χ4v) is 4.76. The summed E-state index contributed by atoms with van der Waals surface area (Å²) in [5.74, 6) is 2.25. The number of hydrogen-bond donors (Lipinski definition) is 0. The van der Waals surface area contributed by atoms with Crippen molar-refractivity contribution in [3.8, 4) is 17.2 Å². The number of likely N-dealkylation sites (tertiary alicyclic amines) is 1. The number of ether oxygens (including phenoxy) is 3. The van der Waals surface area contributed by atoms with Crippen molar-refractivity contribution < 1.29 is 19.0 Å². The van der Waals surface area contributed by atoms with Crippen LogP contribution in [0.15, 0.2) is 66.7 Å². The summed E-state index contributed by atoms with van der Waals surface area (Å²) < 4.78 is 16.3. The predicted molar refractivity (Wildman–Crippen MR) is 139 cm³/mol. The van der Waals surface area contributed by atoms with E-state index < -0.39 is 0 Å². The number of nitrogens with zero attached hydrogens (tertiary/aromatic N) is 2. The van der Waals surface area contributed by atoms with Crippen molar-refractivity contribution in [2.75, 3.05) is 39.3 Å². The van der Waals surface area contributed by atoms with E-state index in [1.807, 2.05) is 53.4 Å². The minimum atomic E-state index is -0.0592. The lowest BCUT2D eigenvalue weighted by Gasteiger charge is -2.39. The van der Waals surface area contributed by atoms with Crippen molar-refractivity contribution in [2.45, 2.75) is 25.4 Å². The quantitative estimate of drug-likeness (QED) is 0.403. The third-order valence-electron chi connectivity index (χ3n) is 6.43. The van der Waals surface area contributed by atoms with Crippen molar-refractivity contribution in [3.05, 3.63) is 82.9 Å². The van der Waals surface area contributed by atoms with Gasteiger partial charge in [0, 0.05) is 59.6 Å². The van der Waals surface area contributed by atoms with Crippen LogP contribution in [-0.4, -0.2) is 51.3 Å². The summed E-state index contributed by atoms with van der Waals surface area (Å²) in [6, 6.07) is 20.8. The van der Waals surface area contributed by atoms with Gasteiger partial charge in [-0.3, -0.25) is 9.69 Å². The van der Waals surface area contributed by atoms with Gasteiger partial charge < -0.3 is 19.1 Å². The molecule has 6 nitrogen and oxygen atoms in total. The Morgan fingerprint density at radius 2 is 1.63 bits per heavy atom. The van der Waals surface area contributed by atoms with Crippen molar-refractivity contribution in [1.82, 2.24) is 4.90 Å². The molecule has 7 heteroatoms. The minimum absolute atomic E-state index is 0.0580. The SMILES string of the molecule is COc1cccc(N(C(=O)c2cccc(Cl)c2)C2CCN(Cc3ccc(OC)cc3OC)CC2)c1. The number of carbonyl (C=O) groups excluding carboxylic acids is 1. The lowest BCUT2D eigenvalue weighted by atomic mass is 10.00. The van der Waals surface area contributed by atoms with Gasteiger partial charge in [-0.15, -0.1) is 0 Å². The molecule has 0 saturated carbocycles. The normalized spacial score (nSPS) is 14.4. The smallest absolute Gasteiger partial charge is 0.258 e. The van der Waals surface area contributed by atoms with Crippen LogP contribution in [0.25, 0.3) is 0 Å². The van der Waals surface area contributed by atoms with Crippen molar-refractivity contribution >= 4 is 23.2 Å². The van der Waals surface area contributed by atoms with Crippen LogP contribution in [-0.2, 0) is 6.54 Å². The maximum atomic E-state index is 13.7. The number of amides is 1. The summed E-state index contributed by atoms with van der Waals surface area (Å²) in [4.78, 5) is 18.0. The molecule has 0 N–H and O–H groups in total. The monoisotopic (exact) mass is 494 g/mol. The van der Waals surface area contributed by atoms with E-state index in [2.05, 4.69) is 11.0 Å². The largest absolute Gasteiger partial charge is 0.497 e. The number of rotatable bonds is 8. The first-order valence-electron chi connectivity index (χ1n) is 11.7. The van der Waals surface area contributed by atoms with Crippen molar-refractivity contribution in [3.63, 3.8) is 0 Å². The van der Waals surface area contributed by atoms with Gasteiger partial charge in [-0.05, 0) is 49.2 Å². The van der Waals surface area contributed by atoms with E-state index in [0.717, 1.165) is 61.0 Å². The maximum Gasteiger partial charge on any atom is 0.258 e.